The van der Waals surface area contributed by atoms with Crippen LogP contribution in [0, 0.1) is 0 Å². The molecule has 0 aromatic heterocycles. The van der Waals surface area contributed by atoms with Gasteiger partial charge in [0.2, 0.25) is 0 Å². The van der Waals surface area contributed by atoms with E-state index in [1.165, 1.54) is 12.4 Å². The van der Waals surface area contributed by atoms with E-state index in [0.29, 0.717) is 12.8 Å². The third-order valence-electron chi connectivity index (χ3n) is 5.42. The highest BCUT2D eigenvalue weighted by molar-refractivity contribution is 7.92. The van der Waals surface area contributed by atoms with E-state index >= 15 is 0 Å². The molecule has 7 nitrogen and oxygen atoms in total. The lowest BCUT2D eigenvalue weighted by Crippen LogP contribution is -2.49. The molecule has 0 aliphatic heterocycles. The molecule has 0 bridgehead atoms. The number of aryl methyl sites for hydroxylation is 1. The van der Waals surface area contributed by atoms with Crippen molar-refractivity contribution < 1.29 is 28.6 Å². The van der Waals surface area contributed by atoms with Crippen molar-refractivity contribution in [1.82, 2.24) is 5.48 Å². The van der Waals surface area contributed by atoms with Gasteiger partial charge in [-0.15, -0.1) is 0 Å². The maximum Gasteiger partial charge on any atom is 0.264 e. The van der Waals surface area contributed by atoms with Crippen LogP contribution >= 0.6 is 0 Å². The van der Waals surface area contributed by atoms with Crippen LogP contribution in [0.1, 0.15) is 30.9 Å². The summed E-state index contributed by atoms with van der Waals surface area (Å²) >= 11 is 0. The topological polar surface area (TPSA) is 124 Å². The van der Waals surface area contributed by atoms with Crippen LogP contribution in [0.25, 0.3) is 17.2 Å². The quantitative estimate of drug-likeness (QED) is 0.327. The van der Waals surface area contributed by atoms with Crippen molar-refractivity contribution in [2.75, 3.05) is 12.9 Å². The van der Waals surface area contributed by atoms with Crippen LogP contribution in [-0.2, 0) is 21.1 Å². The van der Waals surface area contributed by atoms with Gasteiger partial charge in [-0.05, 0) is 48.4 Å². The number of hydroxylamine groups is 1. The predicted octanol–water partition coefficient (Wildman–Crippen LogP) is 2.35. The van der Waals surface area contributed by atoms with Gasteiger partial charge < -0.3 is 10.2 Å². The van der Waals surface area contributed by atoms with Crippen molar-refractivity contribution in [1.29, 1.82) is 0 Å². The zero-order valence-corrected chi connectivity index (χ0v) is 18.5. The standard InChI is InChI=1S/C23H29NO6S/c1-23(22(27)24-28,31(2,29)30)15-14-18-8-12-20(13-9-18)19-10-6-17(7-11-19)4-3-5-21(26)16-25/h3-4,6-13,21,25-26,28H,5,14-16H2,1-2H3,(H,24,27)/b4-3+. The Morgan fingerprint density at radius 3 is 2.13 bits per heavy atom. The molecule has 8 heteroatoms. The number of carbonyl (C=O) groups excluding carboxylic acids is 1. The Kier molecular flexibility index (Phi) is 8.52. The monoisotopic (exact) mass is 447 g/mol. The van der Waals surface area contributed by atoms with E-state index in [-0.39, 0.29) is 13.0 Å². The summed E-state index contributed by atoms with van der Waals surface area (Å²) in [6.45, 7) is 1.05. The van der Waals surface area contributed by atoms with Crippen LogP contribution in [-0.4, -0.2) is 53.5 Å². The van der Waals surface area contributed by atoms with E-state index in [1.807, 2.05) is 60.7 Å². The molecule has 2 aromatic carbocycles. The number of carbonyl (C=O) groups is 1. The predicted molar refractivity (Wildman–Crippen MR) is 120 cm³/mol. The van der Waals surface area contributed by atoms with E-state index in [2.05, 4.69) is 0 Å². The average molecular weight is 448 g/mol. The largest absolute Gasteiger partial charge is 0.394 e. The van der Waals surface area contributed by atoms with Crippen LogP contribution in [0.2, 0.25) is 0 Å². The molecule has 0 heterocycles. The van der Waals surface area contributed by atoms with E-state index in [4.69, 9.17) is 10.3 Å². The van der Waals surface area contributed by atoms with Gasteiger partial charge in [-0.1, -0.05) is 60.7 Å². The zero-order valence-electron chi connectivity index (χ0n) is 17.7. The average Bonchev–Trinajstić information content (AvgIpc) is 2.76. The number of amides is 1. The van der Waals surface area contributed by atoms with Crippen LogP contribution in [0.3, 0.4) is 0 Å². The molecule has 2 atom stereocenters. The second-order valence-electron chi connectivity index (χ2n) is 7.74. The zero-order chi connectivity index (χ0) is 23.1. The molecular weight excluding hydrogens is 418 g/mol. The molecule has 0 saturated carbocycles. The molecular formula is C23H29NO6S. The number of nitrogens with one attached hydrogen (secondary N) is 1. The lowest BCUT2D eigenvalue weighted by atomic mass is 9.97. The number of aliphatic hydroxyl groups excluding tert-OH is 2. The number of rotatable bonds is 10. The fraction of sp³-hybridized carbons (Fsp3) is 0.348. The van der Waals surface area contributed by atoms with E-state index in [9.17, 15) is 18.3 Å². The third kappa shape index (κ3) is 6.48. The number of hydrogen-bond acceptors (Lipinski definition) is 6. The number of benzene rings is 2. The second-order valence-corrected chi connectivity index (χ2v) is 10.2. The van der Waals surface area contributed by atoms with Crippen molar-refractivity contribution in [3.05, 3.63) is 65.7 Å². The van der Waals surface area contributed by atoms with Crippen molar-refractivity contribution in [2.45, 2.75) is 37.0 Å². The van der Waals surface area contributed by atoms with Gasteiger partial charge >= 0.3 is 0 Å². The van der Waals surface area contributed by atoms with Gasteiger partial charge in [0, 0.05) is 6.26 Å². The van der Waals surface area contributed by atoms with Gasteiger partial charge in [0.25, 0.3) is 5.91 Å². The molecule has 0 aliphatic rings. The van der Waals surface area contributed by atoms with Crippen LogP contribution in [0.4, 0.5) is 0 Å². The molecule has 168 valence electrons. The molecule has 2 aromatic rings. The first kappa shape index (κ1) is 24.7. The van der Waals surface area contributed by atoms with Gasteiger partial charge in [-0.25, -0.2) is 13.9 Å². The lowest BCUT2D eigenvalue weighted by molar-refractivity contribution is -0.131. The highest BCUT2D eigenvalue weighted by Gasteiger charge is 2.43. The van der Waals surface area contributed by atoms with Crippen molar-refractivity contribution >= 4 is 21.8 Å². The van der Waals surface area contributed by atoms with E-state index in [0.717, 1.165) is 28.5 Å². The first-order chi connectivity index (χ1) is 14.6. The third-order valence-corrected chi connectivity index (χ3v) is 7.44. The summed E-state index contributed by atoms with van der Waals surface area (Å²) in [5.74, 6) is -0.938. The minimum atomic E-state index is -3.72. The fourth-order valence-corrected chi connectivity index (χ4v) is 3.91. The van der Waals surface area contributed by atoms with Crippen molar-refractivity contribution in [2.24, 2.45) is 0 Å². The summed E-state index contributed by atoms with van der Waals surface area (Å²) in [6.07, 6.45) is 4.72. The SMILES string of the molecule is CC(CCc1ccc(-c2ccc(/C=C/CC(O)CO)cc2)cc1)(C(=O)NO)S(C)(=O)=O. The second kappa shape index (κ2) is 10.7. The van der Waals surface area contributed by atoms with Gasteiger partial charge in [-0.3, -0.25) is 10.0 Å². The summed E-state index contributed by atoms with van der Waals surface area (Å²) < 4.78 is 22.4. The molecule has 0 fully saturated rings. The Bertz CT molecular complexity index is 999. The summed E-state index contributed by atoms with van der Waals surface area (Å²) in [5.41, 5.74) is 5.33. The number of sulfone groups is 1. The van der Waals surface area contributed by atoms with Gasteiger partial charge in [-0.2, -0.15) is 0 Å². The Balaban J connectivity index is 2.06. The first-order valence-electron chi connectivity index (χ1n) is 9.89. The summed E-state index contributed by atoms with van der Waals surface area (Å²) in [4.78, 5) is 11.9. The molecule has 0 radical (unpaired) electrons. The molecule has 2 unspecified atom stereocenters. The minimum absolute atomic E-state index is 0.0452. The molecule has 4 N–H and O–H groups in total. The normalized spacial score (nSPS) is 14.9. The Hall–Kier alpha value is -2.52. The Morgan fingerprint density at radius 1 is 1.10 bits per heavy atom. The molecule has 0 spiro atoms. The lowest BCUT2D eigenvalue weighted by Gasteiger charge is -2.25. The maximum atomic E-state index is 12.1. The van der Waals surface area contributed by atoms with Crippen molar-refractivity contribution in [3.8, 4) is 11.1 Å². The van der Waals surface area contributed by atoms with Crippen LogP contribution < -0.4 is 5.48 Å². The smallest absolute Gasteiger partial charge is 0.264 e. The molecule has 2 rings (SSSR count). The Morgan fingerprint density at radius 2 is 1.65 bits per heavy atom. The minimum Gasteiger partial charge on any atom is -0.394 e. The maximum absolute atomic E-state index is 12.1. The van der Waals surface area contributed by atoms with Gasteiger partial charge in [0.05, 0.1) is 12.7 Å². The molecule has 0 aliphatic carbocycles. The van der Waals surface area contributed by atoms with E-state index < -0.39 is 26.6 Å². The first-order valence-corrected chi connectivity index (χ1v) is 11.8. The molecule has 1 amide bonds. The van der Waals surface area contributed by atoms with Crippen molar-refractivity contribution in [3.63, 3.8) is 0 Å². The number of hydrogen-bond donors (Lipinski definition) is 4. The Labute approximate surface area is 182 Å². The van der Waals surface area contributed by atoms with Crippen LogP contribution in [0.5, 0.6) is 0 Å². The van der Waals surface area contributed by atoms with Crippen LogP contribution in [0.15, 0.2) is 54.6 Å². The summed E-state index contributed by atoms with van der Waals surface area (Å²) in [7, 11) is -3.72. The molecule has 0 saturated heterocycles. The summed E-state index contributed by atoms with van der Waals surface area (Å²) in [5, 5.41) is 27.1. The summed E-state index contributed by atoms with van der Waals surface area (Å²) in [6, 6.07) is 15.5. The van der Waals surface area contributed by atoms with Gasteiger partial charge in [0.15, 0.2) is 9.84 Å². The van der Waals surface area contributed by atoms with Gasteiger partial charge in [0.1, 0.15) is 4.75 Å². The highest BCUT2D eigenvalue weighted by atomic mass is 32.2. The van der Waals surface area contributed by atoms with E-state index in [1.54, 1.807) is 0 Å². The number of aliphatic hydroxyl groups is 2. The molecule has 31 heavy (non-hydrogen) atoms. The fourth-order valence-electron chi connectivity index (χ4n) is 3.05. The highest BCUT2D eigenvalue weighted by Crippen LogP contribution is 2.25.